The van der Waals surface area contributed by atoms with Crippen molar-refractivity contribution in [2.24, 2.45) is 0 Å². The molecular formula is C82H86N4S10. The Morgan fingerprint density at radius 2 is 0.615 bits per heavy atom. The molecule has 0 unspecified atom stereocenters. The van der Waals surface area contributed by atoms with E-state index in [1.807, 2.05) is 68.0 Å². The number of thiophene rings is 8. The van der Waals surface area contributed by atoms with E-state index in [9.17, 15) is 0 Å². The number of rotatable bonds is 29. The smallest absolute Gasteiger partial charge is 0.114 e. The van der Waals surface area contributed by atoms with Crippen LogP contribution in [0.3, 0.4) is 0 Å². The van der Waals surface area contributed by atoms with Gasteiger partial charge in [-0.2, -0.15) is 17.5 Å². The van der Waals surface area contributed by atoms with Crippen LogP contribution in [0.4, 0.5) is 0 Å². The molecule has 4 aliphatic carbocycles. The second-order valence-corrected chi connectivity index (χ2v) is 37.6. The molecule has 0 spiro atoms. The Labute approximate surface area is 609 Å². The van der Waals surface area contributed by atoms with E-state index in [4.69, 9.17) is 17.5 Å². The van der Waals surface area contributed by atoms with Crippen LogP contribution in [0.15, 0.2) is 84.9 Å². The molecule has 0 atom stereocenters. The van der Waals surface area contributed by atoms with E-state index >= 15 is 0 Å². The van der Waals surface area contributed by atoms with Gasteiger partial charge in [-0.3, -0.25) is 0 Å². The zero-order chi connectivity index (χ0) is 64.6. The topological polar surface area (TPSA) is 51.6 Å². The molecule has 0 amide bonds. The molecule has 0 aliphatic heterocycles. The first kappa shape index (κ1) is 65.8. The lowest BCUT2D eigenvalue weighted by atomic mass is 10.0. The normalized spacial score (nSPS) is 15.8. The number of hydrogen-bond acceptors (Lipinski definition) is 14. The van der Waals surface area contributed by atoms with Crippen LogP contribution < -0.4 is 0 Å². The van der Waals surface area contributed by atoms with Gasteiger partial charge in [0.15, 0.2) is 0 Å². The molecule has 0 N–H and O–H groups in total. The van der Waals surface area contributed by atoms with Crippen molar-refractivity contribution < 1.29 is 0 Å². The Bertz CT molecular complexity index is 4820. The Hall–Kier alpha value is -4.84. The van der Waals surface area contributed by atoms with Gasteiger partial charge in [-0.05, 0) is 207 Å². The molecule has 16 rings (SSSR count). The molecule has 0 fully saturated rings. The summed E-state index contributed by atoms with van der Waals surface area (Å²) in [4.78, 5) is 22.8. The summed E-state index contributed by atoms with van der Waals surface area (Å²) >= 11 is 18.7. The first-order valence-corrected chi connectivity index (χ1v) is 44.2. The molecule has 4 nitrogen and oxygen atoms in total. The van der Waals surface area contributed by atoms with Gasteiger partial charge in [-0.25, -0.2) is 0 Å². The minimum Gasteiger partial charge on any atom is -0.172 e. The lowest BCUT2D eigenvalue weighted by Gasteiger charge is -2.06. The van der Waals surface area contributed by atoms with Gasteiger partial charge in [0, 0.05) is 100 Å². The van der Waals surface area contributed by atoms with Crippen LogP contribution in [0.2, 0.25) is 0 Å². The number of benzene rings is 2. The lowest BCUT2D eigenvalue weighted by Crippen LogP contribution is -1.87. The zero-order valence-electron chi connectivity index (χ0n) is 56.2. The molecule has 0 saturated heterocycles. The van der Waals surface area contributed by atoms with Crippen LogP contribution in [-0.2, 0) is 38.5 Å². The predicted octanol–water partition coefficient (Wildman–Crippen LogP) is 29.0. The molecule has 10 aromatic heterocycles. The second-order valence-electron chi connectivity index (χ2n) is 27.6. The van der Waals surface area contributed by atoms with E-state index in [-0.39, 0.29) is 0 Å². The summed E-state index contributed by atoms with van der Waals surface area (Å²) in [5.74, 6) is 0. The van der Waals surface area contributed by atoms with Gasteiger partial charge < -0.3 is 0 Å². The Morgan fingerprint density at radius 1 is 0.271 bits per heavy atom. The molecular weight excluding hydrogens is 1360 g/mol. The standard InChI is InChI=1S/C82H86N4S10/c1-5-7-9-11-13-15-17-19-21-23-25-51-44-68(90-81(51)71-47-55-30-34-58(79(55)93-71)57-32-28-53-43-50(4)88-77(53)57)63-38-39-64(76-75(63)85-96-86-76)69-45-52(26-24-22-20-18-16-14-12-10-8-6-2)82(91-69)72-48-56-31-35-60(80(56)94-72)59-33-29-54-46-70(92-78(54)59)67-42-41-66(89-67)62-37-36-61(65-40-27-49(3)87-65)73-74(62)84-95-83-73/h27,36-48H,5-26,28-35H2,1-4H3/b58-57+,60-59+. The van der Waals surface area contributed by atoms with Crippen LogP contribution in [-0.4, -0.2) is 17.5 Å². The molecule has 0 bridgehead atoms. The minimum absolute atomic E-state index is 1.01. The van der Waals surface area contributed by atoms with E-state index in [0.29, 0.717) is 0 Å². The van der Waals surface area contributed by atoms with E-state index < -0.39 is 0 Å². The molecule has 494 valence electrons. The largest absolute Gasteiger partial charge is 0.172 e. The Morgan fingerprint density at radius 3 is 1.04 bits per heavy atom. The maximum absolute atomic E-state index is 5.22. The monoisotopic (exact) mass is 1450 g/mol. The van der Waals surface area contributed by atoms with Crippen molar-refractivity contribution in [1.82, 2.24) is 17.5 Å². The SMILES string of the molecule is CCCCCCCCCCCCc1cc(-c2ccc(-c3cc(CCCCCCCCCCCC)c(-c4cc5c(s4)/C(=C4\CCc6cc(-c7ccc(-c8ccc(-c9ccc(C)s9)c9nsnc89)s7)sc64)CC5)s3)c3nsnc23)sc1-c1cc2c(s1)/C(=C1\CCc3cc(C)sc31)CC2. The van der Waals surface area contributed by atoms with Crippen LogP contribution in [0.25, 0.3) is 115 Å². The van der Waals surface area contributed by atoms with Crippen molar-refractivity contribution in [1.29, 1.82) is 0 Å². The average molecular weight is 1450 g/mol. The summed E-state index contributed by atoms with van der Waals surface area (Å²) in [6.45, 7) is 9.10. The molecule has 0 saturated carbocycles. The third kappa shape index (κ3) is 13.4. The molecule has 10 heterocycles. The van der Waals surface area contributed by atoms with Crippen LogP contribution in [0.5, 0.6) is 0 Å². The summed E-state index contributed by atoms with van der Waals surface area (Å²) in [7, 11) is 0. The van der Waals surface area contributed by atoms with Crippen molar-refractivity contribution in [2.75, 3.05) is 0 Å². The van der Waals surface area contributed by atoms with Gasteiger partial charge in [-0.15, -0.1) is 90.7 Å². The highest BCUT2D eigenvalue weighted by atomic mass is 32.1. The number of nitrogens with zero attached hydrogens (tertiary/aromatic N) is 4. The van der Waals surface area contributed by atoms with Crippen molar-refractivity contribution in [3.8, 4) is 71.0 Å². The molecule has 14 heteroatoms. The first-order chi connectivity index (χ1) is 47.3. The molecule has 12 aromatic rings. The van der Waals surface area contributed by atoms with Gasteiger partial charge in [-0.1, -0.05) is 154 Å². The highest BCUT2D eigenvalue weighted by Crippen LogP contribution is 2.56. The van der Waals surface area contributed by atoms with Gasteiger partial charge in [0.1, 0.15) is 22.1 Å². The quantitative estimate of drug-likeness (QED) is 0.0439. The van der Waals surface area contributed by atoms with Crippen molar-refractivity contribution in [2.45, 2.75) is 220 Å². The van der Waals surface area contributed by atoms with Crippen molar-refractivity contribution >= 4 is 159 Å². The number of hydrogen-bond donors (Lipinski definition) is 0. The Balaban J connectivity index is 0.683. The van der Waals surface area contributed by atoms with Crippen molar-refractivity contribution in [3.63, 3.8) is 0 Å². The highest BCUT2D eigenvalue weighted by Gasteiger charge is 2.33. The Kier molecular flexibility index (Phi) is 20.4. The summed E-state index contributed by atoms with van der Waals surface area (Å²) in [6.07, 6.45) is 38.7. The van der Waals surface area contributed by atoms with Crippen LogP contribution in [0.1, 0.15) is 231 Å². The lowest BCUT2D eigenvalue weighted by molar-refractivity contribution is 0.556. The van der Waals surface area contributed by atoms with E-state index in [1.165, 1.54) is 280 Å². The fraction of sp³-hybridized carbons (Fsp3) is 0.415. The van der Waals surface area contributed by atoms with E-state index in [2.05, 4.69) is 135 Å². The van der Waals surface area contributed by atoms with E-state index in [0.717, 1.165) is 60.6 Å². The fourth-order valence-electron chi connectivity index (χ4n) is 15.8. The van der Waals surface area contributed by atoms with Crippen molar-refractivity contribution in [3.05, 3.63) is 148 Å². The fourth-order valence-corrected chi connectivity index (χ4v) is 26.8. The molecule has 96 heavy (non-hydrogen) atoms. The average Bonchev–Trinajstić information content (AvgIpc) is 1.61. The second kappa shape index (κ2) is 29.8. The number of fused-ring (bicyclic) bond motifs is 6. The maximum atomic E-state index is 5.22. The van der Waals surface area contributed by atoms with Crippen LogP contribution >= 0.6 is 114 Å². The summed E-state index contributed by atoms with van der Waals surface area (Å²) < 4.78 is 20.1. The van der Waals surface area contributed by atoms with Gasteiger partial charge in [0.2, 0.25) is 0 Å². The molecule has 4 aliphatic rings. The third-order valence-corrected chi connectivity index (χ3v) is 32.0. The summed E-state index contributed by atoms with van der Waals surface area (Å²) in [5, 5.41) is 0. The molecule has 2 aromatic carbocycles. The number of allylic oxidation sites excluding steroid dienone is 4. The highest BCUT2D eigenvalue weighted by molar-refractivity contribution is 7.26. The van der Waals surface area contributed by atoms with Gasteiger partial charge in [0.05, 0.1) is 23.5 Å². The summed E-state index contributed by atoms with van der Waals surface area (Å²) in [6, 6.07) is 33.8. The predicted molar refractivity (Wildman–Crippen MR) is 430 cm³/mol. The number of unbranched alkanes of at least 4 members (excludes halogenated alkanes) is 18. The zero-order valence-corrected chi connectivity index (χ0v) is 64.3. The van der Waals surface area contributed by atoms with Crippen LogP contribution in [0, 0.1) is 13.8 Å². The molecule has 0 radical (unpaired) electrons. The van der Waals surface area contributed by atoms with Gasteiger partial charge >= 0.3 is 0 Å². The first-order valence-electron chi connectivity index (χ1n) is 36.2. The maximum Gasteiger partial charge on any atom is 0.114 e. The summed E-state index contributed by atoms with van der Waals surface area (Å²) in [5.41, 5.74) is 24.8. The number of aryl methyl sites for hydroxylation is 8. The minimum atomic E-state index is 1.01. The number of aromatic nitrogens is 4. The third-order valence-electron chi connectivity index (χ3n) is 20.9. The van der Waals surface area contributed by atoms with Gasteiger partial charge in [0.25, 0.3) is 0 Å². The van der Waals surface area contributed by atoms with E-state index in [1.54, 1.807) is 53.6 Å².